The third kappa shape index (κ3) is 4.79. The maximum Gasteiger partial charge on any atom is 0.253 e. The summed E-state index contributed by atoms with van der Waals surface area (Å²) in [6, 6.07) is 16.9. The molecule has 3 rings (SSSR count). The fraction of sp³-hybridized carbons (Fsp3) is 0.300. The normalized spacial score (nSPS) is 14.0. The summed E-state index contributed by atoms with van der Waals surface area (Å²) in [4.78, 5) is 28.7. The van der Waals surface area contributed by atoms with Gasteiger partial charge in [0.2, 0.25) is 5.91 Å². The first-order valence-electron chi connectivity index (χ1n) is 8.66. The highest BCUT2D eigenvalue weighted by molar-refractivity contribution is 7.99. The molecule has 2 aromatic rings. The lowest BCUT2D eigenvalue weighted by Crippen LogP contribution is -2.37. The number of carbonyl (C=O) groups is 2. The molecule has 0 bridgehead atoms. The Morgan fingerprint density at radius 3 is 2.54 bits per heavy atom. The monoisotopic (exact) mass is 369 g/mol. The van der Waals surface area contributed by atoms with E-state index in [0.717, 1.165) is 30.3 Å². The number of para-hydroxylation sites is 1. The third-order valence-corrected chi connectivity index (χ3v) is 5.21. The topological polar surface area (TPSA) is 52.7 Å². The van der Waals surface area contributed by atoms with Crippen LogP contribution < -0.4 is 10.2 Å². The molecule has 0 aromatic heterocycles. The Balaban J connectivity index is 1.61. The molecule has 1 aliphatic heterocycles. The zero-order chi connectivity index (χ0) is 18.4. The van der Waals surface area contributed by atoms with Crippen molar-refractivity contribution in [3.05, 3.63) is 60.2 Å². The molecule has 5 nitrogen and oxygen atoms in total. The molecule has 0 atom stereocenters. The molecular formula is C20H23N3O2S. The average molecular weight is 369 g/mol. The predicted molar refractivity (Wildman–Crippen MR) is 108 cm³/mol. The van der Waals surface area contributed by atoms with Gasteiger partial charge in [0, 0.05) is 48.6 Å². The highest BCUT2D eigenvalue weighted by atomic mass is 32.2. The van der Waals surface area contributed by atoms with Crippen LogP contribution in [0, 0.1) is 0 Å². The number of hydrogen-bond acceptors (Lipinski definition) is 4. The summed E-state index contributed by atoms with van der Waals surface area (Å²) in [7, 11) is 1.88. The molecule has 26 heavy (non-hydrogen) atoms. The Morgan fingerprint density at radius 2 is 1.81 bits per heavy atom. The second-order valence-corrected chi connectivity index (χ2v) is 7.45. The van der Waals surface area contributed by atoms with E-state index >= 15 is 0 Å². The number of rotatable bonds is 5. The maximum atomic E-state index is 12.6. The minimum Gasteiger partial charge on any atom is -0.365 e. The number of nitrogens with zero attached hydrogens (tertiary/aromatic N) is 2. The Hall–Kier alpha value is -2.47. The van der Waals surface area contributed by atoms with E-state index < -0.39 is 0 Å². The smallest absolute Gasteiger partial charge is 0.253 e. The van der Waals surface area contributed by atoms with Gasteiger partial charge >= 0.3 is 0 Å². The van der Waals surface area contributed by atoms with Gasteiger partial charge in [-0.2, -0.15) is 11.8 Å². The van der Waals surface area contributed by atoms with Gasteiger partial charge in [-0.25, -0.2) is 0 Å². The van der Waals surface area contributed by atoms with Crippen molar-refractivity contribution in [2.75, 3.05) is 48.4 Å². The van der Waals surface area contributed by atoms with Crippen LogP contribution in [0.3, 0.4) is 0 Å². The van der Waals surface area contributed by atoms with Crippen LogP contribution in [-0.2, 0) is 4.79 Å². The van der Waals surface area contributed by atoms with Crippen molar-refractivity contribution in [3.8, 4) is 0 Å². The van der Waals surface area contributed by atoms with Crippen molar-refractivity contribution in [1.29, 1.82) is 0 Å². The van der Waals surface area contributed by atoms with E-state index in [4.69, 9.17) is 0 Å². The van der Waals surface area contributed by atoms with Gasteiger partial charge in [-0.05, 0) is 30.3 Å². The number of hydrogen-bond donors (Lipinski definition) is 1. The molecule has 1 fully saturated rings. The van der Waals surface area contributed by atoms with Gasteiger partial charge in [0.1, 0.15) is 0 Å². The second-order valence-electron chi connectivity index (χ2n) is 6.23. The van der Waals surface area contributed by atoms with Gasteiger partial charge in [0.25, 0.3) is 5.91 Å². The summed E-state index contributed by atoms with van der Waals surface area (Å²) >= 11 is 1.87. The van der Waals surface area contributed by atoms with Gasteiger partial charge < -0.3 is 15.1 Å². The molecule has 1 N–H and O–H groups in total. The number of likely N-dealkylation sites (N-methyl/N-ethyl adjacent to an activating group) is 1. The van der Waals surface area contributed by atoms with Crippen LogP contribution in [0.2, 0.25) is 0 Å². The number of nitrogens with one attached hydrogen (secondary N) is 1. The summed E-state index contributed by atoms with van der Waals surface area (Å²) < 4.78 is 0. The van der Waals surface area contributed by atoms with E-state index in [2.05, 4.69) is 5.32 Å². The highest BCUT2D eigenvalue weighted by Gasteiger charge is 2.18. The van der Waals surface area contributed by atoms with Crippen molar-refractivity contribution < 1.29 is 9.59 Å². The summed E-state index contributed by atoms with van der Waals surface area (Å²) in [5.74, 6) is 1.88. The van der Waals surface area contributed by atoms with Crippen LogP contribution in [0.25, 0.3) is 0 Å². The van der Waals surface area contributed by atoms with Gasteiger partial charge in [0.15, 0.2) is 0 Å². The lowest BCUT2D eigenvalue weighted by molar-refractivity contribution is -0.114. The van der Waals surface area contributed by atoms with Crippen molar-refractivity contribution >= 4 is 35.0 Å². The molecule has 0 radical (unpaired) electrons. The van der Waals surface area contributed by atoms with E-state index in [1.807, 2.05) is 71.1 Å². The summed E-state index contributed by atoms with van der Waals surface area (Å²) in [5.41, 5.74) is 2.24. The van der Waals surface area contributed by atoms with Crippen molar-refractivity contribution in [3.63, 3.8) is 0 Å². The van der Waals surface area contributed by atoms with Crippen LogP contribution in [0.1, 0.15) is 10.4 Å². The van der Waals surface area contributed by atoms with Gasteiger partial charge in [0.05, 0.1) is 6.54 Å². The minimum atomic E-state index is -0.115. The lowest BCUT2D eigenvalue weighted by atomic mass is 10.1. The highest BCUT2D eigenvalue weighted by Crippen LogP contribution is 2.17. The largest absolute Gasteiger partial charge is 0.365 e. The quantitative estimate of drug-likeness (QED) is 0.880. The second kappa shape index (κ2) is 8.76. The number of amides is 2. The van der Waals surface area contributed by atoms with E-state index in [1.165, 1.54) is 0 Å². The Morgan fingerprint density at radius 1 is 1.08 bits per heavy atom. The number of carbonyl (C=O) groups excluding carboxylic acids is 2. The van der Waals surface area contributed by atoms with Crippen LogP contribution in [0.5, 0.6) is 0 Å². The number of anilines is 2. The van der Waals surface area contributed by atoms with Crippen molar-refractivity contribution in [2.45, 2.75) is 0 Å². The molecule has 1 heterocycles. The zero-order valence-corrected chi connectivity index (χ0v) is 15.7. The number of benzene rings is 2. The molecule has 1 aliphatic rings. The van der Waals surface area contributed by atoms with Crippen LogP contribution in [0.4, 0.5) is 11.4 Å². The van der Waals surface area contributed by atoms with Crippen LogP contribution in [-0.4, -0.2) is 54.9 Å². The summed E-state index contributed by atoms with van der Waals surface area (Å²) in [5, 5.41) is 2.89. The van der Waals surface area contributed by atoms with Crippen molar-refractivity contribution in [2.24, 2.45) is 0 Å². The van der Waals surface area contributed by atoms with Gasteiger partial charge in [-0.1, -0.05) is 24.3 Å². The third-order valence-electron chi connectivity index (χ3n) is 4.27. The molecule has 2 amide bonds. The Kier molecular flexibility index (Phi) is 6.17. The molecule has 136 valence electrons. The SMILES string of the molecule is CN(CC(=O)Nc1cccc(C(=O)N2CCSCC2)c1)c1ccccc1. The molecular weight excluding hydrogens is 346 g/mol. The molecule has 0 saturated carbocycles. The molecule has 2 aromatic carbocycles. The van der Waals surface area contributed by atoms with Gasteiger partial charge in [-0.3, -0.25) is 9.59 Å². The average Bonchev–Trinajstić information content (AvgIpc) is 2.69. The fourth-order valence-corrected chi connectivity index (χ4v) is 3.77. The Labute approximate surface area is 158 Å². The van der Waals surface area contributed by atoms with Crippen molar-refractivity contribution in [1.82, 2.24) is 4.90 Å². The van der Waals surface area contributed by atoms with Gasteiger partial charge in [-0.15, -0.1) is 0 Å². The van der Waals surface area contributed by atoms with E-state index in [-0.39, 0.29) is 18.4 Å². The molecule has 6 heteroatoms. The first-order chi connectivity index (χ1) is 12.6. The zero-order valence-electron chi connectivity index (χ0n) is 14.9. The summed E-state index contributed by atoms with van der Waals surface area (Å²) in [6.07, 6.45) is 0. The van der Waals surface area contributed by atoms with E-state index in [9.17, 15) is 9.59 Å². The maximum absolute atomic E-state index is 12.6. The van der Waals surface area contributed by atoms with Crippen LogP contribution in [0.15, 0.2) is 54.6 Å². The first kappa shape index (κ1) is 18.3. The van der Waals surface area contributed by atoms with Crippen LogP contribution >= 0.6 is 11.8 Å². The van der Waals surface area contributed by atoms with E-state index in [1.54, 1.807) is 12.1 Å². The standard InChI is InChI=1S/C20H23N3O2S/c1-22(18-8-3-2-4-9-18)15-19(24)21-17-7-5-6-16(14-17)20(25)23-10-12-26-13-11-23/h2-9,14H,10-13,15H2,1H3,(H,21,24). The predicted octanol–water partition coefficient (Wildman–Crippen LogP) is 2.95. The molecule has 0 unspecified atom stereocenters. The molecule has 0 spiro atoms. The van der Waals surface area contributed by atoms with E-state index in [0.29, 0.717) is 11.3 Å². The minimum absolute atomic E-state index is 0.0304. The first-order valence-corrected chi connectivity index (χ1v) is 9.82. The summed E-state index contributed by atoms with van der Waals surface area (Å²) in [6.45, 7) is 1.80. The number of thioether (sulfide) groups is 1. The fourth-order valence-electron chi connectivity index (χ4n) is 2.87. The molecule has 1 saturated heterocycles. The lowest BCUT2D eigenvalue weighted by Gasteiger charge is -2.26. The molecule has 0 aliphatic carbocycles. The Bertz CT molecular complexity index is 761.